The number of nitrogens with one attached hydrogen (secondary N) is 3. The number of nitrogens with zero attached hydrogens (tertiary/aromatic N) is 6. The number of hydrogen-bond donors (Lipinski definition) is 3. The van der Waals surface area contributed by atoms with E-state index in [1.54, 1.807) is 12.4 Å². The predicted molar refractivity (Wildman–Crippen MR) is 163 cm³/mol. The Bertz CT molecular complexity index is 1820. The highest BCUT2D eigenvalue weighted by Gasteiger charge is 2.39. The quantitative estimate of drug-likeness (QED) is 0.265. The molecule has 2 fully saturated rings. The number of sulfone groups is 1. The van der Waals surface area contributed by atoms with Crippen molar-refractivity contribution < 1.29 is 22.3 Å². The first kappa shape index (κ1) is 30.0. The number of carbonyl (C=O) groups excluding carboxylic acids is 1. The van der Waals surface area contributed by atoms with Crippen LogP contribution in [0.1, 0.15) is 18.9 Å². The van der Waals surface area contributed by atoms with Crippen LogP contribution in [0.4, 0.5) is 21.8 Å². The van der Waals surface area contributed by atoms with Gasteiger partial charge in [0.1, 0.15) is 22.3 Å². The lowest BCUT2D eigenvalue weighted by Gasteiger charge is -2.49. The maximum Gasteiger partial charge on any atom is 0.242 e. The summed E-state index contributed by atoms with van der Waals surface area (Å²) in [5, 5.41) is 5.80. The fourth-order valence-corrected chi connectivity index (χ4v) is 6.68. The van der Waals surface area contributed by atoms with Gasteiger partial charge in [0.25, 0.3) is 0 Å². The van der Waals surface area contributed by atoms with Crippen molar-refractivity contribution in [3.05, 3.63) is 48.3 Å². The second kappa shape index (κ2) is 11.8. The molecule has 4 aromatic rings. The van der Waals surface area contributed by atoms with Gasteiger partial charge in [0, 0.05) is 49.4 Å². The third-order valence-electron chi connectivity index (χ3n) is 8.33. The van der Waals surface area contributed by atoms with Gasteiger partial charge in [0.15, 0.2) is 21.5 Å². The lowest BCUT2D eigenvalue weighted by molar-refractivity contribution is -0.129. The first-order chi connectivity index (χ1) is 21.0. The van der Waals surface area contributed by atoms with Crippen LogP contribution in [0, 0.1) is 12.7 Å². The number of piperazine rings is 1. The Hall–Kier alpha value is -4.05. The summed E-state index contributed by atoms with van der Waals surface area (Å²) in [4.78, 5) is 38.6. The second-order valence-corrected chi connectivity index (χ2v) is 13.3. The number of anilines is 3. The van der Waals surface area contributed by atoms with E-state index in [-0.39, 0.29) is 35.7 Å². The fraction of sp³-hybridized carbons (Fsp3) is 0.414. The molecule has 0 radical (unpaired) electrons. The number of halogens is 1. The molecule has 2 bridgehead atoms. The number of carbonyl (C=O) groups is 1. The average Bonchev–Trinajstić information content (AvgIpc) is 3.40. The number of rotatable bonds is 8. The molecule has 0 saturated carbocycles. The van der Waals surface area contributed by atoms with Crippen LogP contribution in [0.15, 0.2) is 41.8 Å². The second-order valence-electron chi connectivity index (χ2n) is 11.3. The molecule has 2 saturated heterocycles. The molecule has 3 N–H and O–H groups in total. The molecular weight excluding hydrogens is 589 g/mol. The zero-order valence-electron chi connectivity index (χ0n) is 24.8. The van der Waals surface area contributed by atoms with Gasteiger partial charge in [-0.25, -0.2) is 32.7 Å². The van der Waals surface area contributed by atoms with Crippen molar-refractivity contribution in [3.63, 3.8) is 0 Å². The highest BCUT2D eigenvalue weighted by Crippen LogP contribution is 2.32. The SMILES string of the molecule is CC[C@H](C(=O)Nc1ncnc2c(-c3nc(Nc4cccc(S(C)(=O)=O)c4F)ncc3C)c[nH]c12)N1CC2COCC(C1)N2C. The number of aromatic nitrogens is 5. The van der Waals surface area contributed by atoms with Crippen LogP contribution in [-0.4, -0.2) is 107 Å². The molecule has 2 unspecified atom stereocenters. The Morgan fingerprint density at radius 1 is 1.20 bits per heavy atom. The third kappa shape index (κ3) is 5.63. The van der Waals surface area contributed by atoms with Crippen LogP contribution in [-0.2, 0) is 19.4 Å². The summed E-state index contributed by atoms with van der Waals surface area (Å²) in [6, 6.07) is 4.22. The number of hydrogen-bond acceptors (Lipinski definition) is 11. The van der Waals surface area contributed by atoms with E-state index in [0.29, 0.717) is 47.7 Å². The molecule has 2 aliphatic heterocycles. The predicted octanol–water partition coefficient (Wildman–Crippen LogP) is 2.74. The maximum atomic E-state index is 15.0. The molecule has 44 heavy (non-hydrogen) atoms. The normalized spacial score (nSPS) is 20.0. The van der Waals surface area contributed by atoms with Crippen LogP contribution in [0.3, 0.4) is 0 Å². The van der Waals surface area contributed by atoms with Crippen molar-refractivity contribution in [2.24, 2.45) is 0 Å². The van der Waals surface area contributed by atoms with E-state index in [2.05, 4.69) is 52.4 Å². The van der Waals surface area contributed by atoms with Gasteiger partial charge in [0.2, 0.25) is 11.9 Å². The molecular formula is C29H34FN9O4S. The molecule has 3 atom stereocenters. The van der Waals surface area contributed by atoms with E-state index in [4.69, 9.17) is 4.74 Å². The molecule has 2 aliphatic rings. The Labute approximate surface area is 254 Å². The minimum Gasteiger partial charge on any atom is -0.378 e. The van der Waals surface area contributed by atoms with Gasteiger partial charge in [-0.1, -0.05) is 13.0 Å². The average molecular weight is 624 g/mol. The Kier molecular flexibility index (Phi) is 8.04. The number of morpholine rings is 1. The van der Waals surface area contributed by atoms with Gasteiger partial charge in [-0.15, -0.1) is 0 Å². The van der Waals surface area contributed by atoms with Crippen LogP contribution in [0.25, 0.3) is 22.3 Å². The molecule has 0 spiro atoms. The smallest absolute Gasteiger partial charge is 0.242 e. The maximum absolute atomic E-state index is 15.0. The summed E-state index contributed by atoms with van der Waals surface area (Å²) < 4.78 is 44.7. The van der Waals surface area contributed by atoms with Gasteiger partial charge < -0.3 is 20.4 Å². The molecule has 1 amide bonds. The van der Waals surface area contributed by atoms with Crippen molar-refractivity contribution in [2.75, 3.05) is 50.2 Å². The van der Waals surface area contributed by atoms with Crippen LogP contribution < -0.4 is 10.6 Å². The molecule has 232 valence electrons. The summed E-state index contributed by atoms with van der Waals surface area (Å²) in [5.74, 6) is -0.637. The van der Waals surface area contributed by atoms with Crippen molar-refractivity contribution in [1.29, 1.82) is 0 Å². The zero-order chi connectivity index (χ0) is 31.2. The molecule has 13 nitrogen and oxygen atoms in total. The molecule has 6 rings (SSSR count). The highest BCUT2D eigenvalue weighted by atomic mass is 32.2. The number of aryl methyl sites for hydroxylation is 1. The standard InChI is InChI=1S/C29H34FN9O4S/c1-5-21(39-11-17-13-43-14-18(12-39)38(17)3)28(40)37-27-26-25(33-15-34-27)19(10-31-26)24-16(2)9-32-29(36-24)35-20-7-6-8-22(23(20)30)44(4,41)42/h6-10,15,17-18,21,31H,5,11-14H2,1-4H3,(H,32,35,36)(H,33,34,37,40)/t17?,18?,21-/m1/s1. The number of H-pyrrole nitrogens is 1. The number of ether oxygens (including phenoxy) is 1. The monoisotopic (exact) mass is 623 g/mol. The Morgan fingerprint density at radius 3 is 2.66 bits per heavy atom. The van der Waals surface area contributed by atoms with Crippen LogP contribution in [0.2, 0.25) is 0 Å². The molecule has 5 heterocycles. The highest BCUT2D eigenvalue weighted by molar-refractivity contribution is 7.90. The fourth-order valence-electron chi connectivity index (χ4n) is 5.92. The first-order valence-electron chi connectivity index (χ1n) is 14.3. The Morgan fingerprint density at radius 2 is 1.95 bits per heavy atom. The number of amides is 1. The van der Waals surface area contributed by atoms with Crippen LogP contribution in [0.5, 0.6) is 0 Å². The molecule has 15 heteroatoms. The lowest BCUT2D eigenvalue weighted by Crippen LogP contribution is -2.65. The van der Waals surface area contributed by atoms with Gasteiger partial charge >= 0.3 is 0 Å². The van der Waals surface area contributed by atoms with Gasteiger partial charge in [0.05, 0.1) is 30.6 Å². The van der Waals surface area contributed by atoms with E-state index >= 15 is 0 Å². The van der Waals surface area contributed by atoms with E-state index < -0.39 is 20.5 Å². The summed E-state index contributed by atoms with van der Waals surface area (Å²) in [7, 11) is -1.65. The van der Waals surface area contributed by atoms with Gasteiger partial charge in [-0.2, -0.15) is 0 Å². The van der Waals surface area contributed by atoms with Crippen LogP contribution >= 0.6 is 0 Å². The van der Waals surface area contributed by atoms with Gasteiger partial charge in [-0.05, 0) is 38.1 Å². The number of likely N-dealkylation sites (N-methyl/N-ethyl adjacent to an activating group) is 1. The minimum absolute atomic E-state index is 0.0696. The van der Waals surface area contributed by atoms with Crippen molar-refractivity contribution in [3.8, 4) is 11.3 Å². The molecule has 3 aromatic heterocycles. The van der Waals surface area contributed by atoms with E-state index in [0.717, 1.165) is 24.9 Å². The van der Waals surface area contributed by atoms with E-state index in [1.165, 1.54) is 24.5 Å². The zero-order valence-corrected chi connectivity index (χ0v) is 25.7. The third-order valence-corrected chi connectivity index (χ3v) is 9.45. The number of fused-ring (bicyclic) bond motifs is 3. The molecule has 0 aliphatic carbocycles. The minimum atomic E-state index is -3.77. The topological polar surface area (TPSA) is 158 Å². The van der Waals surface area contributed by atoms with Gasteiger partial charge in [-0.3, -0.25) is 14.6 Å². The van der Waals surface area contributed by atoms with Crippen molar-refractivity contribution in [2.45, 2.75) is 43.3 Å². The Balaban J connectivity index is 1.26. The first-order valence-corrected chi connectivity index (χ1v) is 16.2. The van der Waals surface area contributed by atoms with Crippen molar-refractivity contribution in [1.82, 2.24) is 34.7 Å². The largest absolute Gasteiger partial charge is 0.378 e. The lowest BCUT2D eigenvalue weighted by atomic mass is 10.0. The summed E-state index contributed by atoms with van der Waals surface area (Å²) >= 11 is 0. The molecule has 1 aromatic carbocycles. The summed E-state index contributed by atoms with van der Waals surface area (Å²) in [6.07, 6.45) is 6.27. The van der Waals surface area contributed by atoms with Crippen molar-refractivity contribution >= 4 is 44.2 Å². The summed E-state index contributed by atoms with van der Waals surface area (Å²) in [5.41, 5.74) is 2.87. The van der Waals surface area contributed by atoms with E-state index in [1.807, 2.05) is 13.8 Å². The number of benzene rings is 1. The summed E-state index contributed by atoms with van der Waals surface area (Å²) in [6.45, 7) is 6.63. The van der Waals surface area contributed by atoms with E-state index in [9.17, 15) is 17.6 Å². The number of aromatic amines is 1.